The molecule has 0 aromatic heterocycles. The first-order valence-electron chi connectivity index (χ1n) is 6.95. The predicted molar refractivity (Wildman–Crippen MR) is 80.3 cm³/mol. The Bertz CT molecular complexity index is 505. The fourth-order valence-corrected chi connectivity index (χ4v) is 1.89. The van der Waals surface area contributed by atoms with Gasteiger partial charge in [-0.2, -0.15) is 0 Å². The maximum absolute atomic E-state index is 11.6. The highest BCUT2D eigenvalue weighted by Gasteiger charge is 2.23. The summed E-state index contributed by atoms with van der Waals surface area (Å²) in [6.07, 6.45) is 0.186. The Balaban J connectivity index is 2.58. The second kappa shape index (κ2) is 7.11. The van der Waals surface area contributed by atoms with Gasteiger partial charge >= 0.3 is 12.1 Å². The molecule has 5 heteroatoms. The summed E-state index contributed by atoms with van der Waals surface area (Å²) < 4.78 is 5.08. The highest BCUT2D eigenvalue weighted by molar-refractivity contribution is 5.80. The number of benzene rings is 1. The first-order valence-corrected chi connectivity index (χ1v) is 6.95. The number of hydrogen-bond donors (Lipinski definition) is 2. The average Bonchev–Trinajstić information content (AvgIpc) is 2.32. The van der Waals surface area contributed by atoms with Crippen molar-refractivity contribution < 1.29 is 19.4 Å². The van der Waals surface area contributed by atoms with Crippen molar-refractivity contribution in [2.24, 2.45) is 0 Å². The van der Waals surface area contributed by atoms with E-state index in [1.54, 1.807) is 20.8 Å². The van der Waals surface area contributed by atoms with Crippen LogP contribution in [-0.4, -0.2) is 28.8 Å². The van der Waals surface area contributed by atoms with Crippen molar-refractivity contribution in [1.82, 2.24) is 5.32 Å². The summed E-state index contributed by atoms with van der Waals surface area (Å²) >= 11 is 0. The second-order valence-electron chi connectivity index (χ2n) is 6.06. The molecule has 0 aliphatic heterocycles. The predicted octanol–water partition coefficient (Wildman–Crippen LogP) is 2.91. The van der Waals surface area contributed by atoms with E-state index < -0.39 is 23.7 Å². The summed E-state index contributed by atoms with van der Waals surface area (Å²) in [7, 11) is 0. The molecule has 1 aromatic carbocycles. The Morgan fingerprint density at radius 1 is 1.33 bits per heavy atom. The first kappa shape index (κ1) is 17.0. The van der Waals surface area contributed by atoms with Gasteiger partial charge in [0, 0.05) is 0 Å². The fourth-order valence-electron chi connectivity index (χ4n) is 1.89. The van der Waals surface area contributed by atoms with Gasteiger partial charge in [-0.1, -0.05) is 29.8 Å². The van der Waals surface area contributed by atoms with E-state index in [0.717, 1.165) is 11.1 Å². The number of alkyl carbamates (subject to hydrolysis) is 1. The van der Waals surface area contributed by atoms with Crippen molar-refractivity contribution in [3.63, 3.8) is 0 Å². The quantitative estimate of drug-likeness (QED) is 0.875. The smallest absolute Gasteiger partial charge is 0.408 e. The minimum Gasteiger partial charge on any atom is -0.480 e. The normalized spacial score (nSPS) is 12.6. The second-order valence-corrected chi connectivity index (χ2v) is 6.06. The summed E-state index contributed by atoms with van der Waals surface area (Å²) in [5, 5.41) is 11.6. The van der Waals surface area contributed by atoms with Crippen molar-refractivity contribution in [3.8, 4) is 0 Å². The van der Waals surface area contributed by atoms with Gasteiger partial charge < -0.3 is 15.2 Å². The molecule has 0 spiro atoms. The van der Waals surface area contributed by atoms with Gasteiger partial charge in [0.05, 0.1) is 0 Å². The first-order chi connectivity index (χ1) is 9.67. The zero-order chi connectivity index (χ0) is 16.0. The lowest BCUT2D eigenvalue weighted by molar-refractivity contribution is -0.139. The molecule has 1 amide bonds. The van der Waals surface area contributed by atoms with E-state index in [0.29, 0.717) is 12.8 Å². The number of rotatable bonds is 5. The van der Waals surface area contributed by atoms with E-state index in [-0.39, 0.29) is 0 Å². The van der Waals surface area contributed by atoms with Crippen molar-refractivity contribution >= 4 is 12.1 Å². The van der Waals surface area contributed by atoms with Gasteiger partial charge in [0.15, 0.2) is 0 Å². The number of carboxylic acid groups (broad SMARTS) is 1. The van der Waals surface area contributed by atoms with E-state index >= 15 is 0 Å². The van der Waals surface area contributed by atoms with Crippen molar-refractivity contribution in [2.75, 3.05) is 0 Å². The summed E-state index contributed by atoms with van der Waals surface area (Å²) in [5.74, 6) is -1.06. The minimum absolute atomic E-state index is 0.317. The molecule has 0 bridgehead atoms. The number of aliphatic carboxylic acids is 1. The molecule has 0 heterocycles. The third kappa shape index (κ3) is 6.79. The molecule has 116 valence electrons. The van der Waals surface area contributed by atoms with Crippen LogP contribution >= 0.6 is 0 Å². The van der Waals surface area contributed by atoms with Crippen LogP contribution in [0.1, 0.15) is 38.3 Å². The zero-order valence-electron chi connectivity index (χ0n) is 13.0. The number of hydrogen-bond acceptors (Lipinski definition) is 3. The molecule has 1 atom stereocenters. The van der Waals surface area contributed by atoms with Gasteiger partial charge in [-0.05, 0) is 46.1 Å². The molecule has 5 nitrogen and oxygen atoms in total. The van der Waals surface area contributed by atoms with Crippen LogP contribution in [-0.2, 0) is 16.0 Å². The largest absolute Gasteiger partial charge is 0.480 e. The highest BCUT2D eigenvalue weighted by Crippen LogP contribution is 2.10. The van der Waals surface area contributed by atoms with Crippen LogP contribution < -0.4 is 5.32 Å². The van der Waals surface area contributed by atoms with E-state index in [4.69, 9.17) is 4.74 Å². The lowest BCUT2D eigenvalue weighted by Gasteiger charge is -2.22. The Morgan fingerprint density at radius 2 is 2.00 bits per heavy atom. The molecule has 1 rings (SSSR count). The molecule has 0 fully saturated rings. The van der Waals surface area contributed by atoms with Crippen LogP contribution in [0, 0.1) is 6.92 Å². The van der Waals surface area contributed by atoms with Crippen LogP contribution in [0.15, 0.2) is 24.3 Å². The number of aryl methyl sites for hydroxylation is 2. The Kier molecular flexibility index (Phi) is 5.76. The Morgan fingerprint density at radius 3 is 2.52 bits per heavy atom. The number of nitrogens with one attached hydrogen (secondary N) is 1. The number of amides is 1. The highest BCUT2D eigenvalue weighted by atomic mass is 16.6. The molecular weight excluding hydrogens is 270 g/mol. The van der Waals surface area contributed by atoms with E-state index in [2.05, 4.69) is 5.32 Å². The number of carbonyl (C=O) groups is 2. The average molecular weight is 293 g/mol. The molecule has 0 aliphatic rings. The molecule has 0 unspecified atom stereocenters. The molecule has 0 saturated heterocycles. The van der Waals surface area contributed by atoms with Crippen molar-refractivity contribution in [2.45, 2.75) is 52.2 Å². The van der Waals surface area contributed by atoms with Gasteiger partial charge in [-0.15, -0.1) is 0 Å². The summed E-state index contributed by atoms with van der Waals surface area (Å²) in [6.45, 7) is 7.18. The molecule has 0 saturated carbocycles. The van der Waals surface area contributed by atoms with Crippen molar-refractivity contribution in [1.29, 1.82) is 0 Å². The van der Waals surface area contributed by atoms with Gasteiger partial charge in [0.1, 0.15) is 11.6 Å². The van der Waals surface area contributed by atoms with Gasteiger partial charge in [-0.3, -0.25) is 0 Å². The molecule has 1 aromatic rings. The van der Waals surface area contributed by atoms with E-state index in [9.17, 15) is 14.7 Å². The third-order valence-corrected chi connectivity index (χ3v) is 2.79. The van der Waals surface area contributed by atoms with Gasteiger partial charge in [0.25, 0.3) is 0 Å². The van der Waals surface area contributed by atoms with Gasteiger partial charge in [0.2, 0.25) is 0 Å². The lowest BCUT2D eigenvalue weighted by Crippen LogP contribution is -2.43. The summed E-state index contributed by atoms with van der Waals surface area (Å²) in [5.41, 5.74) is 1.52. The van der Waals surface area contributed by atoms with Crippen LogP contribution in [0.4, 0.5) is 4.79 Å². The Hall–Kier alpha value is -2.04. The standard InChI is InChI=1S/C16H23NO4/c1-11-6-5-7-12(10-11)8-9-13(14(18)19)17-15(20)21-16(2,3)4/h5-7,10,13H,8-9H2,1-4H3,(H,17,20)(H,18,19)/t13-/m0/s1. The van der Waals surface area contributed by atoms with E-state index in [1.165, 1.54) is 0 Å². The number of ether oxygens (including phenoxy) is 1. The molecule has 21 heavy (non-hydrogen) atoms. The maximum Gasteiger partial charge on any atom is 0.408 e. The number of carboxylic acids is 1. The molecule has 2 N–H and O–H groups in total. The number of carbonyl (C=O) groups excluding carboxylic acids is 1. The zero-order valence-corrected chi connectivity index (χ0v) is 13.0. The van der Waals surface area contributed by atoms with Crippen LogP contribution in [0.3, 0.4) is 0 Å². The SMILES string of the molecule is Cc1cccc(CC[C@H](NC(=O)OC(C)(C)C)C(=O)O)c1. The van der Waals surface area contributed by atoms with Gasteiger partial charge in [-0.25, -0.2) is 9.59 Å². The third-order valence-electron chi connectivity index (χ3n) is 2.79. The minimum atomic E-state index is -1.06. The lowest BCUT2D eigenvalue weighted by atomic mass is 10.0. The van der Waals surface area contributed by atoms with Crippen molar-refractivity contribution in [3.05, 3.63) is 35.4 Å². The summed E-state index contributed by atoms with van der Waals surface area (Å²) in [6, 6.07) is 6.91. The van der Waals surface area contributed by atoms with Crippen LogP contribution in [0.5, 0.6) is 0 Å². The monoisotopic (exact) mass is 293 g/mol. The molecular formula is C16H23NO4. The van der Waals surface area contributed by atoms with E-state index in [1.807, 2.05) is 31.2 Å². The maximum atomic E-state index is 11.6. The topological polar surface area (TPSA) is 75.6 Å². The van der Waals surface area contributed by atoms with Crippen LogP contribution in [0.2, 0.25) is 0 Å². The molecule has 0 aliphatic carbocycles. The summed E-state index contributed by atoms with van der Waals surface area (Å²) in [4.78, 5) is 22.9. The van der Waals surface area contributed by atoms with Crippen LogP contribution in [0.25, 0.3) is 0 Å². The fraction of sp³-hybridized carbons (Fsp3) is 0.500. The Labute approximate surface area is 125 Å². The molecule has 0 radical (unpaired) electrons.